The third kappa shape index (κ3) is 5.16. The number of ketones is 1. The molecule has 0 unspecified atom stereocenters. The van der Waals surface area contributed by atoms with Gasteiger partial charge in [-0.05, 0) is 29.8 Å². The summed E-state index contributed by atoms with van der Waals surface area (Å²) in [5, 5.41) is 17.1. The van der Waals surface area contributed by atoms with Gasteiger partial charge in [-0.3, -0.25) is 9.59 Å². The van der Waals surface area contributed by atoms with Crippen molar-refractivity contribution in [2.45, 2.75) is 20.8 Å². The van der Waals surface area contributed by atoms with Crippen LogP contribution in [0.5, 0.6) is 0 Å². The number of aliphatic hydroxyl groups excluding tert-OH is 1. The van der Waals surface area contributed by atoms with Crippen LogP contribution in [-0.4, -0.2) is 38.5 Å². The number of carbonyl (C=O) groups excluding carboxylic acids is 2. The van der Waals surface area contributed by atoms with Crippen molar-refractivity contribution in [1.82, 2.24) is 15.1 Å². The first-order valence-electron chi connectivity index (χ1n) is 11.8. The minimum Gasteiger partial charge on any atom is -0.432 e. The average Bonchev–Trinajstić information content (AvgIpc) is 3.56. The number of anilines is 1. The number of pyridine rings is 1. The zero-order chi connectivity index (χ0) is 27.9. The molecule has 5 rings (SSSR count). The van der Waals surface area contributed by atoms with E-state index >= 15 is 0 Å². The molecular weight excluding hydrogens is 543 g/mol. The molecule has 5 aromatic rings. The lowest BCUT2D eigenvalue weighted by molar-refractivity contribution is -0.118. The van der Waals surface area contributed by atoms with Crippen LogP contribution in [0.4, 0.5) is 5.69 Å². The van der Waals surface area contributed by atoms with Gasteiger partial charge in [-0.15, -0.1) is 0 Å². The van der Waals surface area contributed by atoms with Crippen LogP contribution in [0.25, 0.3) is 44.9 Å². The number of rotatable bonds is 6. The van der Waals surface area contributed by atoms with Gasteiger partial charge in [0, 0.05) is 27.1 Å². The van der Waals surface area contributed by atoms with Crippen LogP contribution in [0.15, 0.2) is 63.9 Å². The topological polar surface area (TPSA) is 131 Å². The molecule has 3 aromatic heterocycles. The molecule has 0 radical (unpaired) electrons. The first-order valence-corrected chi connectivity index (χ1v) is 12.6. The maximum atomic E-state index is 13.3. The predicted molar refractivity (Wildman–Crippen MR) is 148 cm³/mol. The Hall–Kier alpha value is -4.05. The van der Waals surface area contributed by atoms with E-state index in [4.69, 9.17) is 37.1 Å². The fourth-order valence-corrected chi connectivity index (χ4v) is 4.42. The summed E-state index contributed by atoms with van der Waals surface area (Å²) < 4.78 is 10.8. The summed E-state index contributed by atoms with van der Waals surface area (Å²) in [6.45, 7) is 4.45. The molecule has 9 nitrogen and oxygen atoms in total. The highest BCUT2D eigenvalue weighted by atomic mass is 35.5. The standard InChI is InChI=1S/C28H22Cl2N4O5/c1-28(2,3)25(37)24-23(32-21(36)12-35)19-11-18(14-4-7-16(29)8-5-14)22(33-27(19)39-24)17-9-6-15(10-20(17)30)26-31-13-38-34-26/h4-11,13,35H,12H2,1-3H3,(H,32,36). The van der Waals surface area contributed by atoms with Gasteiger partial charge in [-0.1, -0.05) is 73.4 Å². The summed E-state index contributed by atoms with van der Waals surface area (Å²) in [4.78, 5) is 34.3. The Morgan fingerprint density at radius 3 is 2.33 bits per heavy atom. The number of carbonyl (C=O) groups is 2. The Morgan fingerprint density at radius 1 is 1.00 bits per heavy atom. The summed E-state index contributed by atoms with van der Waals surface area (Å²) in [5.74, 6) is -0.723. The summed E-state index contributed by atoms with van der Waals surface area (Å²) in [6.07, 6.45) is 1.23. The lowest BCUT2D eigenvalue weighted by Gasteiger charge is -2.15. The molecule has 2 aromatic carbocycles. The molecule has 0 spiro atoms. The number of amides is 1. The first-order chi connectivity index (χ1) is 18.6. The molecule has 0 aliphatic carbocycles. The molecule has 3 heterocycles. The third-order valence-corrected chi connectivity index (χ3v) is 6.54. The van der Waals surface area contributed by atoms with Gasteiger partial charge in [0.2, 0.25) is 29.6 Å². The van der Waals surface area contributed by atoms with E-state index in [1.807, 2.05) is 12.1 Å². The highest BCUT2D eigenvalue weighted by molar-refractivity contribution is 6.34. The molecule has 0 aliphatic rings. The van der Waals surface area contributed by atoms with Crippen LogP contribution in [0.1, 0.15) is 31.3 Å². The Bertz CT molecular complexity index is 1710. The van der Waals surface area contributed by atoms with E-state index in [1.165, 1.54) is 6.39 Å². The minimum absolute atomic E-state index is 0.0652. The van der Waals surface area contributed by atoms with Crippen LogP contribution in [0, 0.1) is 5.41 Å². The van der Waals surface area contributed by atoms with Gasteiger partial charge in [0.25, 0.3) is 0 Å². The molecule has 0 saturated carbocycles. The van der Waals surface area contributed by atoms with Crippen LogP contribution in [0.3, 0.4) is 0 Å². The summed E-state index contributed by atoms with van der Waals surface area (Å²) in [6, 6.07) is 14.2. The number of Topliss-reactive ketones (excluding diaryl/α,β-unsaturated/α-hetero) is 1. The number of aromatic nitrogens is 3. The molecular formula is C28H22Cl2N4O5. The first kappa shape index (κ1) is 26.6. The van der Waals surface area contributed by atoms with Crippen molar-refractivity contribution < 1.29 is 23.6 Å². The molecule has 0 aliphatic heterocycles. The predicted octanol–water partition coefficient (Wildman–Crippen LogP) is 6.68. The second-order valence-corrected chi connectivity index (χ2v) is 10.6. The highest BCUT2D eigenvalue weighted by Gasteiger charge is 2.32. The quantitative estimate of drug-likeness (QED) is 0.218. The SMILES string of the molecule is CC(C)(C)C(=O)c1oc2nc(-c3ccc(-c4ncon4)cc3Cl)c(-c3ccc(Cl)cc3)cc2c1NC(=O)CO. The zero-order valence-electron chi connectivity index (χ0n) is 21.1. The van der Waals surface area contributed by atoms with Gasteiger partial charge >= 0.3 is 0 Å². The van der Waals surface area contributed by atoms with Crippen molar-refractivity contribution in [3.05, 3.63) is 70.7 Å². The number of nitrogens with zero attached hydrogens (tertiary/aromatic N) is 3. The Balaban J connectivity index is 1.78. The summed E-state index contributed by atoms with van der Waals surface area (Å²) in [5.41, 5.74) is 2.53. The molecule has 0 fully saturated rings. The fourth-order valence-electron chi connectivity index (χ4n) is 4.03. The number of hydrogen-bond donors (Lipinski definition) is 2. The summed E-state index contributed by atoms with van der Waals surface area (Å²) in [7, 11) is 0. The maximum Gasteiger partial charge on any atom is 0.250 e. The number of benzene rings is 2. The normalized spacial score (nSPS) is 11.6. The Labute approximate surface area is 232 Å². The lowest BCUT2D eigenvalue weighted by Crippen LogP contribution is -2.22. The number of nitrogens with one attached hydrogen (secondary N) is 1. The number of hydrogen-bond acceptors (Lipinski definition) is 8. The van der Waals surface area contributed by atoms with E-state index in [-0.39, 0.29) is 22.9 Å². The highest BCUT2D eigenvalue weighted by Crippen LogP contribution is 2.42. The van der Waals surface area contributed by atoms with Crippen LogP contribution < -0.4 is 5.32 Å². The van der Waals surface area contributed by atoms with E-state index in [9.17, 15) is 14.7 Å². The van der Waals surface area contributed by atoms with E-state index in [0.29, 0.717) is 43.6 Å². The largest absolute Gasteiger partial charge is 0.432 e. The average molecular weight is 565 g/mol. The zero-order valence-corrected chi connectivity index (χ0v) is 22.6. The van der Waals surface area contributed by atoms with Gasteiger partial charge in [-0.25, -0.2) is 4.98 Å². The van der Waals surface area contributed by atoms with E-state index in [2.05, 4.69) is 15.5 Å². The van der Waals surface area contributed by atoms with Crippen molar-refractivity contribution in [2.24, 2.45) is 5.41 Å². The number of furan rings is 1. The molecule has 0 atom stereocenters. The van der Waals surface area contributed by atoms with Gasteiger partial charge in [0.15, 0.2) is 5.76 Å². The second kappa shape index (κ2) is 10.3. The fraction of sp³-hybridized carbons (Fsp3) is 0.179. The van der Waals surface area contributed by atoms with Gasteiger partial charge in [0.1, 0.15) is 12.3 Å². The van der Waals surface area contributed by atoms with Crippen molar-refractivity contribution >= 4 is 51.7 Å². The number of fused-ring (bicyclic) bond motifs is 1. The van der Waals surface area contributed by atoms with Crippen molar-refractivity contribution in [1.29, 1.82) is 0 Å². The molecule has 39 heavy (non-hydrogen) atoms. The van der Waals surface area contributed by atoms with Crippen molar-refractivity contribution in [2.75, 3.05) is 11.9 Å². The van der Waals surface area contributed by atoms with E-state index in [0.717, 1.165) is 5.56 Å². The van der Waals surface area contributed by atoms with Gasteiger partial charge in [0.05, 0.1) is 16.1 Å². The lowest BCUT2D eigenvalue weighted by atomic mass is 9.88. The second-order valence-electron chi connectivity index (χ2n) is 9.79. The van der Waals surface area contributed by atoms with Crippen molar-refractivity contribution in [3.63, 3.8) is 0 Å². The van der Waals surface area contributed by atoms with Gasteiger partial charge < -0.3 is 19.4 Å². The summed E-state index contributed by atoms with van der Waals surface area (Å²) >= 11 is 12.9. The Kier molecular flexibility index (Phi) is 6.98. The monoisotopic (exact) mass is 564 g/mol. The Morgan fingerprint density at radius 2 is 1.72 bits per heavy atom. The molecule has 0 saturated heterocycles. The molecule has 198 valence electrons. The number of halogens is 2. The molecule has 11 heteroatoms. The minimum atomic E-state index is -0.817. The van der Waals surface area contributed by atoms with Crippen LogP contribution in [-0.2, 0) is 4.79 Å². The molecule has 2 N–H and O–H groups in total. The number of aliphatic hydroxyl groups is 1. The van der Waals surface area contributed by atoms with E-state index < -0.39 is 17.9 Å². The van der Waals surface area contributed by atoms with E-state index in [1.54, 1.807) is 57.2 Å². The maximum absolute atomic E-state index is 13.3. The van der Waals surface area contributed by atoms with Crippen LogP contribution >= 0.6 is 23.2 Å². The molecule has 0 bridgehead atoms. The smallest absolute Gasteiger partial charge is 0.250 e. The van der Waals surface area contributed by atoms with Crippen LogP contribution in [0.2, 0.25) is 10.0 Å². The molecule has 1 amide bonds. The third-order valence-electron chi connectivity index (χ3n) is 5.98. The van der Waals surface area contributed by atoms with Crippen molar-refractivity contribution in [3.8, 4) is 33.8 Å². The van der Waals surface area contributed by atoms with Gasteiger partial charge in [-0.2, -0.15) is 4.98 Å².